The molecule has 1 aromatic heterocycles. The van der Waals surface area contributed by atoms with Crippen LogP contribution < -0.4 is 5.56 Å². The van der Waals surface area contributed by atoms with E-state index in [9.17, 15) is 14.4 Å². The van der Waals surface area contributed by atoms with Crippen molar-refractivity contribution in [3.8, 4) is 5.69 Å². The Bertz CT molecular complexity index is 820. The Morgan fingerprint density at radius 2 is 1.83 bits per heavy atom. The fraction of sp³-hybridized carbons (Fsp3) is 0.333. The number of Topliss-reactive ketones (excluding diaryl/α,β-unsaturated/α-hetero) is 1. The third kappa shape index (κ3) is 3.59. The molecule has 0 saturated heterocycles. The Morgan fingerprint density at radius 3 is 2.33 bits per heavy atom. The number of benzene rings is 1. The van der Waals surface area contributed by atoms with Crippen LogP contribution in [-0.4, -0.2) is 28.1 Å². The van der Waals surface area contributed by atoms with Crippen molar-refractivity contribution in [2.45, 2.75) is 33.6 Å². The molecule has 0 N–H and O–H groups in total. The number of carbonyl (C=O) groups is 2. The summed E-state index contributed by atoms with van der Waals surface area (Å²) < 4.78 is 5.96. The Kier molecular flexibility index (Phi) is 5.28. The van der Waals surface area contributed by atoms with E-state index < -0.39 is 11.5 Å². The van der Waals surface area contributed by atoms with E-state index in [1.54, 1.807) is 19.1 Å². The highest BCUT2D eigenvalue weighted by Crippen LogP contribution is 2.16. The number of ether oxygens (including phenoxy) is 1. The van der Waals surface area contributed by atoms with E-state index in [-0.39, 0.29) is 23.6 Å². The van der Waals surface area contributed by atoms with Gasteiger partial charge in [0.15, 0.2) is 5.78 Å². The number of ketones is 1. The molecule has 24 heavy (non-hydrogen) atoms. The summed E-state index contributed by atoms with van der Waals surface area (Å²) in [5.74, 6) is -0.754. The van der Waals surface area contributed by atoms with Crippen molar-refractivity contribution in [2.24, 2.45) is 0 Å². The third-order valence-corrected chi connectivity index (χ3v) is 3.57. The Hall–Kier alpha value is -2.76. The first-order valence-electron chi connectivity index (χ1n) is 7.78. The molecule has 0 unspecified atom stereocenters. The highest BCUT2D eigenvalue weighted by molar-refractivity contribution is 5.96. The summed E-state index contributed by atoms with van der Waals surface area (Å²) in [6.45, 7) is 7.24. The number of carbonyl (C=O) groups excluding carboxylic acids is 2. The minimum absolute atomic E-state index is 0.0330. The summed E-state index contributed by atoms with van der Waals surface area (Å²) in [4.78, 5) is 36.2. The van der Waals surface area contributed by atoms with Crippen molar-refractivity contribution < 1.29 is 14.3 Å². The molecule has 1 heterocycles. The van der Waals surface area contributed by atoms with Crippen LogP contribution in [0, 0.1) is 0 Å². The Labute approximate surface area is 140 Å². The van der Waals surface area contributed by atoms with Gasteiger partial charge in [0.25, 0.3) is 5.56 Å². The summed E-state index contributed by atoms with van der Waals surface area (Å²) in [5.41, 5.74) is 0.810. The molecule has 0 aliphatic carbocycles. The van der Waals surface area contributed by atoms with Gasteiger partial charge in [-0.3, -0.25) is 9.59 Å². The summed E-state index contributed by atoms with van der Waals surface area (Å²) in [5, 5.41) is 4.07. The minimum atomic E-state index is -0.764. The molecule has 0 saturated carbocycles. The SMILES string of the molecule is CCOC(=O)c1cc(C(C)=O)nn(-c2ccc(C(C)C)cc2)c1=O. The molecule has 0 fully saturated rings. The molecule has 6 heteroatoms. The van der Waals surface area contributed by atoms with E-state index in [1.165, 1.54) is 13.0 Å². The zero-order valence-electron chi connectivity index (χ0n) is 14.2. The van der Waals surface area contributed by atoms with Gasteiger partial charge in [-0.15, -0.1) is 0 Å². The molecule has 0 aliphatic rings. The maximum Gasteiger partial charge on any atom is 0.343 e. The molecule has 2 aromatic rings. The number of aromatic nitrogens is 2. The number of hydrogen-bond donors (Lipinski definition) is 0. The van der Waals surface area contributed by atoms with Gasteiger partial charge in [-0.25, -0.2) is 4.79 Å². The molecule has 2 rings (SSSR count). The van der Waals surface area contributed by atoms with Gasteiger partial charge in [0, 0.05) is 6.92 Å². The standard InChI is InChI=1S/C18H20N2O4/c1-5-24-18(23)15-10-16(12(4)21)19-20(17(15)22)14-8-6-13(7-9-14)11(2)3/h6-11H,5H2,1-4H3. The quantitative estimate of drug-likeness (QED) is 0.623. The van der Waals surface area contributed by atoms with Crippen molar-refractivity contribution in [1.82, 2.24) is 9.78 Å². The van der Waals surface area contributed by atoms with Crippen LogP contribution in [0.4, 0.5) is 0 Å². The van der Waals surface area contributed by atoms with Crippen LogP contribution in [0.25, 0.3) is 5.69 Å². The fourth-order valence-corrected chi connectivity index (χ4v) is 2.20. The maximum atomic E-state index is 12.6. The number of nitrogens with zero attached hydrogens (tertiary/aromatic N) is 2. The lowest BCUT2D eigenvalue weighted by molar-refractivity contribution is 0.0523. The third-order valence-electron chi connectivity index (χ3n) is 3.57. The summed E-state index contributed by atoms with van der Waals surface area (Å²) >= 11 is 0. The fourth-order valence-electron chi connectivity index (χ4n) is 2.20. The lowest BCUT2D eigenvalue weighted by Crippen LogP contribution is -2.30. The number of esters is 1. The highest BCUT2D eigenvalue weighted by atomic mass is 16.5. The molecule has 126 valence electrons. The maximum absolute atomic E-state index is 12.6. The van der Waals surface area contributed by atoms with Gasteiger partial charge in [0.05, 0.1) is 12.3 Å². The monoisotopic (exact) mass is 328 g/mol. The summed E-state index contributed by atoms with van der Waals surface area (Å²) in [7, 11) is 0. The van der Waals surface area contributed by atoms with Gasteiger partial charge in [0.1, 0.15) is 11.3 Å². The predicted molar refractivity (Wildman–Crippen MR) is 89.9 cm³/mol. The molecular weight excluding hydrogens is 308 g/mol. The second kappa shape index (κ2) is 7.21. The summed E-state index contributed by atoms with van der Waals surface area (Å²) in [6, 6.07) is 8.43. The van der Waals surface area contributed by atoms with Crippen molar-refractivity contribution in [3.63, 3.8) is 0 Å². The first kappa shape index (κ1) is 17.6. The van der Waals surface area contributed by atoms with E-state index in [2.05, 4.69) is 18.9 Å². The van der Waals surface area contributed by atoms with Crippen LogP contribution in [0.2, 0.25) is 0 Å². The molecule has 0 radical (unpaired) electrons. The van der Waals surface area contributed by atoms with Crippen molar-refractivity contribution in [1.29, 1.82) is 0 Å². The van der Waals surface area contributed by atoms with Gasteiger partial charge in [0.2, 0.25) is 0 Å². The minimum Gasteiger partial charge on any atom is -0.462 e. The molecule has 0 bridgehead atoms. The van der Waals surface area contributed by atoms with Crippen molar-refractivity contribution in [2.75, 3.05) is 6.61 Å². The molecule has 0 amide bonds. The molecule has 0 spiro atoms. The van der Waals surface area contributed by atoms with Crippen molar-refractivity contribution >= 4 is 11.8 Å². The molecule has 1 aromatic carbocycles. The van der Waals surface area contributed by atoms with E-state index in [4.69, 9.17) is 4.74 Å². The zero-order valence-corrected chi connectivity index (χ0v) is 14.2. The normalized spacial score (nSPS) is 10.7. The molecule has 0 aliphatic heterocycles. The Morgan fingerprint density at radius 1 is 1.21 bits per heavy atom. The van der Waals surface area contributed by atoms with E-state index >= 15 is 0 Å². The van der Waals surface area contributed by atoms with Crippen LogP contribution in [0.1, 0.15) is 60.0 Å². The van der Waals surface area contributed by atoms with Crippen LogP contribution in [0.15, 0.2) is 35.1 Å². The van der Waals surface area contributed by atoms with Crippen LogP contribution >= 0.6 is 0 Å². The molecule has 6 nitrogen and oxygen atoms in total. The zero-order chi connectivity index (χ0) is 17.9. The number of hydrogen-bond acceptors (Lipinski definition) is 5. The van der Waals surface area contributed by atoms with E-state index in [0.29, 0.717) is 11.6 Å². The van der Waals surface area contributed by atoms with Gasteiger partial charge in [-0.05, 0) is 36.6 Å². The second-order valence-corrected chi connectivity index (χ2v) is 5.68. The van der Waals surface area contributed by atoms with E-state index in [1.807, 2.05) is 12.1 Å². The second-order valence-electron chi connectivity index (χ2n) is 5.68. The van der Waals surface area contributed by atoms with Gasteiger partial charge in [-0.2, -0.15) is 9.78 Å². The van der Waals surface area contributed by atoms with Crippen molar-refractivity contribution in [3.05, 3.63) is 57.5 Å². The van der Waals surface area contributed by atoms with E-state index in [0.717, 1.165) is 10.2 Å². The topological polar surface area (TPSA) is 78.3 Å². The first-order chi connectivity index (χ1) is 11.3. The largest absolute Gasteiger partial charge is 0.462 e. The molecular formula is C18H20N2O4. The van der Waals surface area contributed by atoms with Gasteiger partial charge < -0.3 is 4.74 Å². The highest BCUT2D eigenvalue weighted by Gasteiger charge is 2.19. The average Bonchev–Trinajstić information content (AvgIpc) is 2.55. The van der Waals surface area contributed by atoms with Gasteiger partial charge in [-0.1, -0.05) is 26.0 Å². The van der Waals surface area contributed by atoms with Gasteiger partial charge >= 0.3 is 5.97 Å². The van der Waals surface area contributed by atoms with Crippen LogP contribution in [0.3, 0.4) is 0 Å². The molecule has 0 atom stereocenters. The van der Waals surface area contributed by atoms with Crippen LogP contribution in [0.5, 0.6) is 0 Å². The predicted octanol–water partition coefficient (Wildman–Crippen LogP) is 2.74. The smallest absolute Gasteiger partial charge is 0.343 e. The first-order valence-corrected chi connectivity index (χ1v) is 7.78. The number of rotatable bonds is 5. The lowest BCUT2D eigenvalue weighted by atomic mass is 10.0. The van der Waals surface area contributed by atoms with Crippen LogP contribution in [-0.2, 0) is 4.74 Å². The average molecular weight is 328 g/mol. The Balaban J connectivity index is 2.62. The summed E-state index contributed by atoms with van der Waals surface area (Å²) in [6.07, 6.45) is 0. The lowest BCUT2D eigenvalue weighted by Gasteiger charge is -2.11.